The van der Waals surface area contributed by atoms with Crippen LogP contribution in [0.5, 0.6) is 0 Å². The highest BCUT2D eigenvalue weighted by Crippen LogP contribution is 2.18. The van der Waals surface area contributed by atoms with Crippen molar-refractivity contribution in [1.29, 1.82) is 5.41 Å². The first kappa shape index (κ1) is 26.4. The number of nitrogens with zero attached hydrogens (tertiary/aromatic N) is 4. The highest BCUT2D eigenvalue weighted by molar-refractivity contribution is 6.23. The van der Waals surface area contributed by atoms with Crippen LogP contribution >= 0.6 is 0 Å². The molecule has 1 aromatic carbocycles. The van der Waals surface area contributed by atoms with E-state index in [0.29, 0.717) is 12.4 Å². The summed E-state index contributed by atoms with van der Waals surface area (Å²) in [7, 11) is 1.69. The Morgan fingerprint density at radius 3 is 2.71 bits per heavy atom. The number of benzene rings is 1. The second-order valence-corrected chi connectivity index (χ2v) is 8.78. The molecule has 0 aliphatic carbocycles. The summed E-state index contributed by atoms with van der Waals surface area (Å²) >= 11 is 0. The van der Waals surface area contributed by atoms with E-state index >= 15 is 0 Å². The average Bonchev–Trinajstić information content (AvgIpc) is 3.32. The summed E-state index contributed by atoms with van der Waals surface area (Å²) in [5.74, 6) is -0.171. The van der Waals surface area contributed by atoms with Crippen LogP contribution in [0.1, 0.15) is 49.8 Å². The molecule has 2 heterocycles. The molecule has 1 fully saturated rings. The van der Waals surface area contributed by atoms with Crippen molar-refractivity contribution in [3.8, 4) is 0 Å². The minimum Gasteiger partial charge on any atom is -0.398 e. The van der Waals surface area contributed by atoms with Gasteiger partial charge in [0.2, 0.25) is 0 Å². The van der Waals surface area contributed by atoms with Crippen molar-refractivity contribution in [3.05, 3.63) is 64.4 Å². The zero-order valence-corrected chi connectivity index (χ0v) is 20.4. The molecule has 8 nitrogen and oxygen atoms in total. The smallest absolute Gasteiger partial charge is 0.173 e. The lowest BCUT2D eigenvalue weighted by atomic mass is 10.00. The van der Waals surface area contributed by atoms with Crippen LogP contribution in [0.2, 0.25) is 0 Å². The molecule has 0 saturated carbocycles. The van der Waals surface area contributed by atoms with Crippen LogP contribution in [0, 0.1) is 17.0 Å². The lowest BCUT2D eigenvalue weighted by Crippen LogP contribution is -2.37. The van der Waals surface area contributed by atoms with Gasteiger partial charge in [-0.3, -0.25) is 15.5 Å². The van der Waals surface area contributed by atoms with E-state index in [2.05, 4.69) is 25.1 Å². The zero-order chi connectivity index (χ0) is 25.4. The molecule has 0 amide bonds. The third-order valence-corrected chi connectivity index (χ3v) is 5.84. The average molecular weight is 486 g/mol. The Bertz CT molecular complexity index is 1100. The number of ether oxygens (including phenoxy) is 1. The Morgan fingerprint density at radius 2 is 2.09 bits per heavy atom. The lowest BCUT2D eigenvalue weighted by molar-refractivity contribution is 0.131. The van der Waals surface area contributed by atoms with E-state index in [1.165, 1.54) is 12.3 Å². The van der Waals surface area contributed by atoms with Crippen LogP contribution < -0.4 is 5.73 Å². The van der Waals surface area contributed by atoms with Gasteiger partial charge in [0.05, 0.1) is 18.4 Å². The number of aliphatic imine (C=N–C) groups is 1. The molecule has 188 valence electrons. The Labute approximate surface area is 204 Å². The quantitative estimate of drug-likeness (QED) is 0.351. The van der Waals surface area contributed by atoms with Crippen molar-refractivity contribution in [1.82, 2.24) is 20.1 Å². The zero-order valence-electron chi connectivity index (χ0n) is 20.4. The molecule has 35 heavy (non-hydrogen) atoms. The van der Waals surface area contributed by atoms with Crippen molar-refractivity contribution in [2.24, 2.45) is 10.7 Å². The number of rotatable bonds is 10. The Hall–Kier alpha value is -3.24. The predicted octanol–water partition coefficient (Wildman–Crippen LogP) is 3.68. The molecule has 1 aliphatic heterocycles. The molecular weight excluding hydrogens is 452 g/mol. The molecule has 2 aromatic rings. The standard InChI is InChI=1S/C25H33F2N7O/c1-16(2)25-31-23(32-33-25)7-6-22(28)20(24(29)19-5-4-17(26)14-21(19)27)15-30-18-8-10-34(11-9-18)12-13-35-3/h4-7,14-16,18,29H,8-13,28H2,1-3H3,(H,31,32,33)/b7-6-,22-20+,29-24?,30-15?. The third-order valence-electron chi connectivity index (χ3n) is 5.84. The second-order valence-electron chi connectivity index (χ2n) is 8.78. The first-order valence-electron chi connectivity index (χ1n) is 11.7. The fraction of sp³-hybridized carbons (Fsp3) is 0.440. The highest BCUT2D eigenvalue weighted by atomic mass is 19.1. The number of aromatic amines is 1. The van der Waals surface area contributed by atoms with Gasteiger partial charge in [0.1, 0.15) is 17.5 Å². The maximum absolute atomic E-state index is 14.4. The predicted molar refractivity (Wildman–Crippen MR) is 134 cm³/mol. The number of hydrogen-bond acceptors (Lipinski definition) is 7. The van der Waals surface area contributed by atoms with Gasteiger partial charge in [-0.05, 0) is 37.1 Å². The number of piperidine rings is 1. The van der Waals surface area contributed by atoms with Crippen LogP contribution in [-0.4, -0.2) is 71.4 Å². The van der Waals surface area contributed by atoms with Crippen molar-refractivity contribution in [2.45, 2.75) is 38.6 Å². The molecule has 1 aliphatic rings. The molecule has 0 atom stereocenters. The molecule has 1 aromatic heterocycles. The summed E-state index contributed by atoms with van der Waals surface area (Å²) in [5, 5.41) is 15.6. The number of halogens is 2. The normalized spacial score (nSPS) is 16.5. The van der Waals surface area contributed by atoms with Gasteiger partial charge < -0.3 is 15.4 Å². The summed E-state index contributed by atoms with van der Waals surface area (Å²) in [6, 6.07) is 3.16. The van der Waals surface area contributed by atoms with Gasteiger partial charge in [0.25, 0.3) is 0 Å². The van der Waals surface area contributed by atoms with E-state index in [-0.39, 0.29) is 34.5 Å². The Morgan fingerprint density at radius 1 is 1.34 bits per heavy atom. The lowest BCUT2D eigenvalue weighted by Gasteiger charge is -2.29. The van der Waals surface area contributed by atoms with E-state index in [4.69, 9.17) is 15.9 Å². The summed E-state index contributed by atoms with van der Waals surface area (Å²) in [4.78, 5) is 11.4. The third kappa shape index (κ3) is 7.37. The molecule has 0 spiro atoms. The molecule has 10 heteroatoms. The van der Waals surface area contributed by atoms with Crippen molar-refractivity contribution in [3.63, 3.8) is 0 Å². The van der Waals surface area contributed by atoms with Gasteiger partial charge in [-0.15, -0.1) is 0 Å². The Balaban J connectivity index is 1.84. The number of aromatic nitrogens is 3. The number of likely N-dealkylation sites (tertiary alicyclic amines) is 1. The number of nitrogens with two attached hydrogens (primary N) is 1. The summed E-state index contributed by atoms with van der Waals surface area (Å²) in [6.07, 6.45) is 6.43. The minimum absolute atomic E-state index is 0.0569. The number of allylic oxidation sites excluding steroid dienone is 2. The van der Waals surface area contributed by atoms with E-state index in [1.807, 2.05) is 13.8 Å². The maximum Gasteiger partial charge on any atom is 0.173 e. The fourth-order valence-electron chi connectivity index (χ4n) is 3.69. The van der Waals surface area contributed by atoms with Gasteiger partial charge in [0, 0.05) is 61.8 Å². The molecule has 4 N–H and O–H groups in total. The van der Waals surface area contributed by atoms with E-state index in [9.17, 15) is 8.78 Å². The number of hydrogen-bond donors (Lipinski definition) is 3. The second kappa shape index (κ2) is 12.5. The van der Waals surface area contributed by atoms with E-state index < -0.39 is 11.6 Å². The highest BCUT2D eigenvalue weighted by Gasteiger charge is 2.19. The van der Waals surface area contributed by atoms with Crippen molar-refractivity contribution >= 4 is 18.0 Å². The van der Waals surface area contributed by atoms with Crippen molar-refractivity contribution < 1.29 is 13.5 Å². The minimum atomic E-state index is -0.834. The van der Waals surface area contributed by atoms with Gasteiger partial charge in [0.15, 0.2) is 5.82 Å². The Kier molecular flexibility index (Phi) is 9.39. The number of nitrogens with one attached hydrogen (secondary N) is 2. The summed E-state index contributed by atoms with van der Waals surface area (Å²) in [5.41, 5.74) is 6.53. The van der Waals surface area contributed by atoms with Crippen LogP contribution in [0.4, 0.5) is 8.78 Å². The van der Waals surface area contributed by atoms with Gasteiger partial charge in [-0.25, -0.2) is 13.8 Å². The van der Waals surface area contributed by atoms with E-state index in [0.717, 1.165) is 50.4 Å². The monoisotopic (exact) mass is 485 g/mol. The fourth-order valence-corrected chi connectivity index (χ4v) is 3.69. The molecule has 0 bridgehead atoms. The summed E-state index contributed by atoms with van der Waals surface area (Å²) in [6.45, 7) is 7.35. The largest absolute Gasteiger partial charge is 0.398 e. The van der Waals surface area contributed by atoms with Gasteiger partial charge in [-0.2, -0.15) is 5.10 Å². The molecule has 3 rings (SSSR count). The van der Waals surface area contributed by atoms with Gasteiger partial charge >= 0.3 is 0 Å². The number of methoxy groups -OCH3 is 1. The van der Waals surface area contributed by atoms with Gasteiger partial charge in [-0.1, -0.05) is 13.8 Å². The van der Waals surface area contributed by atoms with Crippen LogP contribution in [0.3, 0.4) is 0 Å². The van der Waals surface area contributed by atoms with Crippen molar-refractivity contribution in [2.75, 3.05) is 33.4 Å². The van der Waals surface area contributed by atoms with Crippen LogP contribution in [0.25, 0.3) is 6.08 Å². The molecular formula is C25H33F2N7O. The summed E-state index contributed by atoms with van der Waals surface area (Å²) < 4.78 is 33.0. The van der Waals surface area contributed by atoms with Crippen LogP contribution in [-0.2, 0) is 4.74 Å². The molecule has 0 radical (unpaired) electrons. The topological polar surface area (TPSA) is 116 Å². The SMILES string of the molecule is COCCN1CCC(N=C/C(C(=N)c2ccc(F)cc2F)=C(N)/C=C\c2n[nH]c(C(C)C)n2)CC1. The first-order valence-corrected chi connectivity index (χ1v) is 11.7. The molecule has 1 saturated heterocycles. The molecule has 0 unspecified atom stereocenters. The van der Waals surface area contributed by atoms with E-state index in [1.54, 1.807) is 19.3 Å². The first-order chi connectivity index (χ1) is 16.8. The van der Waals surface area contributed by atoms with Crippen LogP contribution in [0.15, 0.2) is 40.5 Å². The maximum atomic E-state index is 14.4. The number of H-pyrrole nitrogens is 1.